The number of nitrogens with one attached hydrogen (secondary N) is 1. The van der Waals surface area contributed by atoms with Crippen molar-refractivity contribution in [3.63, 3.8) is 0 Å². The van der Waals surface area contributed by atoms with Crippen molar-refractivity contribution in [1.29, 1.82) is 0 Å². The first kappa shape index (κ1) is 16.1. The van der Waals surface area contributed by atoms with E-state index >= 15 is 0 Å². The maximum Gasteiger partial charge on any atom is 0.329 e. The molecule has 1 aromatic carbocycles. The highest BCUT2D eigenvalue weighted by atomic mass is 79.9. The normalized spacial score (nSPS) is 11.5. The molecule has 2 heterocycles. The monoisotopic (exact) mass is 396 g/mol. The van der Waals surface area contributed by atoms with Crippen molar-refractivity contribution in [1.82, 2.24) is 9.55 Å². The van der Waals surface area contributed by atoms with E-state index < -0.39 is 17.1 Å². The molecule has 3 rings (SSSR count). The first-order valence-corrected chi connectivity index (χ1v) is 8.68. The second-order valence-corrected chi connectivity index (χ2v) is 7.60. The number of H-pyrrole nitrogens is 1. The van der Waals surface area contributed by atoms with Gasteiger partial charge in [0.25, 0.3) is 5.56 Å². The standard InChI is InChI=1S/C16H14BrFN2O2S/c1-8(2)13-6-11-14(23-13)19-16(22)20(15(11)21)7-9-3-4-10(17)5-12(9)18/h3-6,8H,7H2,1-2H3,(H,19,22). The van der Waals surface area contributed by atoms with Crippen LogP contribution in [0.2, 0.25) is 0 Å². The fourth-order valence-electron chi connectivity index (χ4n) is 2.31. The van der Waals surface area contributed by atoms with Crippen LogP contribution < -0.4 is 11.2 Å². The van der Waals surface area contributed by atoms with Gasteiger partial charge in [-0.05, 0) is 24.1 Å². The largest absolute Gasteiger partial charge is 0.329 e. The fourth-order valence-corrected chi connectivity index (χ4v) is 3.69. The van der Waals surface area contributed by atoms with Gasteiger partial charge >= 0.3 is 5.69 Å². The molecule has 0 aliphatic carbocycles. The molecule has 23 heavy (non-hydrogen) atoms. The minimum atomic E-state index is -0.526. The zero-order valence-electron chi connectivity index (χ0n) is 12.5. The van der Waals surface area contributed by atoms with E-state index in [-0.39, 0.29) is 12.5 Å². The van der Waals surface area contributed by atoms with E-state index in [1.165, 1.54) is 17.4 Å². The van der Waals surface area contributed by atoms with Gasteiger partial charge in [-0.15, -0.1) is 11.3 Å². The minimum Gasteiger partial charge on any atom is -0.298 e. The lowest BCUT2D eigenvalue weighted by molar-refractivity contribution is 0.590. The first-order chi connectivity index (χ1) is 10.9. The Labute approximate surface area is 143 Å². The third kappa shape index (κ3) is 3.03. The topological polar surface area (TPSA) is 54.9 Å². The van der Waals surface area contributed by atoms with E-state index in [9.17, 15) is 14.0 Å². The second-order valence-electron chi connectivity index (χ2n) is 5.60. The molecule has 0 aliphatic rings. The predicted molar refractivity (Wildman–Crippen MR) is 94.0 cm³/mol. The van der Waals surface area contributed by atoms with Gasteiger partial charge in [-0.3, -0.25) is 14.3 Å². The fraction of sp³-hybridized carbons (Fsp3) is 0.250. The van der Waals surface area contributed by atoms with E-state index in [1.807, 2.05) is 13.8 Å². The minimum absolute atomic E-state index is 0.101. The zero-order valence-corrected chi connectivity index (χ0v) is 14.9. The van der Waals surface area contributed by atoms with Crippen molar-refractivity contribution in [2.75, 3.05) is 0 Å². The summed E-state index contributed by atoms with van der Waals surface area (Å²) in [6.07, 6.45) is 0. The maximum atomic E-state index is 14.0. The van der Waals surface area contributed by atoms with Crippen LogP contribution in [0, 0.1) is 5.82 Å². The molecule has 1 N–H and O–H groups in total. The van der Waals surface area contributed by atoms with Crippen LogP contribution in [0.3, 0.4) is 0 Å². The highest BCUT2D eigenvalue weighted by Crippen LogP contribution is 2.26. The Morgan fingerprint density at radius 1 is 1.30 bits per heavy atom. The van der Waals surface area contributed by atoms with E-state index in [2.05, 4.69) is 20.9 Å². The van der Waals surface area contributed by atoms with Crippen molar-refractivity contribution < 1.29 is 4.39 Å². The molecule has 3 aromatic rings. The quantitative estimate of drug-likeness (QED) is 0.731. The number of aromatic nitrogens is 2. The average molecular weight is 397 g/mol. The number of hydrogen-bond acceptors (Lipinski definition) is 3. The van der Waals surface area contributed by atoms with Crippen LogP contribution in [0.25, 0.3) is 10.2 Å². The molecule has 0 saturated heterocycles. The molecule has 0 fully saturated rings. The molecule has 120 valence electrons. The van der Waals surface area contributed by atoms with Gasteiger partial charge in [-0.25, -0.2) is 9.18 Å². The number of rotatable bonds is 3. The summed E-state index contributed by atoms with van der Waals surface area (Å²) in [5.41, 5.74) is -0.629. The average Bonchev–Trinajstić information content (AvgIpc) is 2.89. The number of thiophene rings is 1. The van der Waals surface area contributed by atoms with Crippen LogP contribution >= 0.6 is 27.3 Å². The molecule has 0 amide bonds. The van der Waals surface area contributed by atoms with Gasteiger partial charge in [0.1, 0.15) is 10.6 Å². The second kappa shape index (κ2) is 6.05. The highest BCUT2D eigenvalue weighted by Gasteiger charge is 2.14. The summed E-state index contributed by atoms with van der Waals surface area (Å²) in [5, 5.41) is 0.468. The van der Waals surface area contributed by atoms with Gasteiger partial charge in [0, 0.05) is 14.9 Å². The van der Waals surface area contributed by atoms with Gasteiger partial charge < -0.3 is 0 Å². The summed E-state index contributed by atoms with van der Waals surface area (Å²) in [6, 6.07) is 6.35. The van der Waals surface area contributed by atoms with Crippen molar-refractivity contribution in [3.05, 3.63) is 65.8 Å². The Morgan fingerprint density at radius 2 is 2.04 bits per heavy atom. The zero-order chi connectivity index (χ0) is 16.7. The van der Waals surface area contributed by atoms with Gasteiger partial charge in [0.2, 0.25) is 0 Å². The smallest absolute Gasteiger partial charge is 0.298 e. The van der Waals surface area contributed by atoms with Crippen molar-refractivity contribution >= 4 is 37.5 Å². The first-order valence-electron chi connectivity index (χ1n) is 7.07. The molecule has 0 spiro atoms. The number of nitrogens with zero attached hydrogens (tertiary/aromatic N) is 1. The summed E-state index contributed by atoms with van der Waals surface area (Å²) >= 11 is 4.59. The summed E-state index contributed by atoms with van der Waals surface area (Å²) in [7, 11) is 0. The molecule has 0 saturated carbocycles. The third-order valence-electron chi connectivity index (χ3n) is 3.60. The van der Waals surface area contributed by atoms with Crippen LogP contribution in [-0.4, -0.2) is 9.55 Å². The van der Waals surface area contributed by atoms with Crippen LogP contribution in [-0.2, 0) is 6.54 Å². The lowest BCUT2D eigenvalue weighted by Gasteiger charge is -2.06. The molecular formula is C16H14BrFN2O2S. The number of fused-ring (bicyclic) bond motifs is 1. The summed E-state index contributed by atoms with van der Waals surface area (Å²) in [4.78, 5) is 29.1. The molecule has 0 unspecified atom stereocenters. The Hall–Kier alpha value is -1.73. The van der Waals surface area contributed by atoms with E-state index in [1.54, 1.807) is 18.2 Å². The van der Waals surface area contributed by atoms with Crippen LogP contribution in [0.1, 0.15) is 30.2 Å². The third-order valence-corrected chi connectivity index (χ3v) is 5.45. The SMILES string of the molecule is CC(C)c1cc2c(=O)n(Cc3ccc(Br)cc3F)c(=O)[nH]c2s1. The Balaban J connectivity index is 2.14. The van der Waals surface area contributed by atoms with Gasteiger partial charge in [-0.2, -0.15) is 0 Å². The van der Waals surface area contributed by atoms with Gasteiger partial charge in [0.15, 0.2) is 0 Å². The predicted octanol–water partition coefficient (Wildman–Crippen LogP) is 3.82. The molecular weight excluding hydrogens is 383 g/mol. The number of halogens is 2. The Kier molecular flexibility index (Phi) is 4.25. The lowest BCUT2D eigenvalue weighted by atomic mass is 10.2. The number of benzene rings is 1. The Bertz CT molecular complexity index is 1000. The van der Waals surface area contributed by atoms with Crippen LogP contribution in [0.5, 0.6) is 0 Å². The van der Waals surface area contributed by atoms with E-state index in [4.69, 9.17) is 0 Å². The molecule has 0 atom stereocenters. The lowest BCUT2D eigenvalue weighted by Crippen LogP contribution is -2.35. The molecule has 0 aliphatic heterocycles. The summed E-state index contributed by atoms with van der Waals surface area (Å²) < 4.78 is 15.6. The van der Waals surface area contributed by atoms with Crippen molar-refractivity contribution in [2.45, 2.75) is 26.3 Å². The van der Waals surface area contributed by atoms with Crippen molar-refractivity contribution in [2.24, 2.45) is 0 Å². The Morgan fingerprint density at radius 3 is 2.70 bits per heavy atom. The maximum absolute atomic E-state index is 14.0. The summed E-state index contributed by atoms with van der Waals surface area (Å²) in [6.45, 7) is 3.95. The van der Waals surface area contributed by atoms with E-state index in [0.717, 1.165) is 9.44 Å². The number of hydrogen-bond donors (Lipinski definition) is 1. The molecule has 4 nitrogen and oxygen atoms in total. The van der Waals surface area contributed by atoms with Crippen LogP contribution in [0.15, 0.2) is 38.3 Å². The molecule has 0 bridgehead atoms. The van der Waals surface area contributed by atoms with Crippen LogP contribution in [0.4, 0.5) is 4.39 Å². The molecule has 2 aromatic heterocycles. The summed E-state index contributed by atoms with van der Waals surface area (Å²) in [5.74, 6) is -0.188. The van der Waals surface area contributed by atoms with E-state index in [0.29, 0.717) is 20.3 Å². The molecule has 0 radical (unpaired) electrons. The molecule has 7 heteroatoms. The van der Waals surface area contributed by atoms with Gasteiger partial charge in [0.05, 0.1) is 11.9 Å². The highest BCUT2D eigenvalue weighted by molar-refractivity contribution is 9.10. The van der Waals surface area contributed by atoms with Gasteiger partial charge in [-0.1, -0.05) is 35.8 Å². The van der Waals surface area contributed by atoms with Crippen molar-refractivity contribution in [3.8, 4) is 0 Å². The number of aromatic amines is 1.